The molecule has 2 aromatic rings. The van der Waals surface area contributed by atoms with Crippen LogP contribution in [0.4, 0.5) is 0 Å². The summed E-state index contributed by atoms with van der Waals surface area (Å²) in [6, 6.07) is 8.92. The topological polar surface area (TPSA) is 49.4 Å². The molecule has 1 heterocycles. The van der Waals surface area contributed by atoms with Gasteiger partial charge in [-0.25, -0.2) is 13.1 Å². The summed E-state index contributed by atoms with van der Waals surface area (Å²) in [6.45, 7) is 2.28. The number of nitrogens with zero attached hydrogens (tertiary/aromatic N) is 1. The molecule has 2 rings (SSSR count). The minimum atomic E-state index is -3.47. The highest BCUT2D eigenvalue weighted by Gasteiger charge is 2.19. The molecule has 0 spiro atoms. The molecule has 1 aromatic heterocycles. The third-order valence-electron chi connectivity index (χ3n) is 3.35. The molecule has 1 unspecified atom stereocenters. The normalized spacial score (nSPS) is 13.5. The van der Waals surface area contributed by atoms with Crippen LogP contribution in [0.2, 0.25) is 0 Å². The van der Waals surface area contributed by atoms with Crippen molar-refractivity contribution in [2.75, 3.05) is 20.6 Å². The second-order valence-corrected chi connectivity index (χ2v) is 7.75. The van der Waals surface area contributed by atoms with Gasteiger partial charge in [-0.3, -0.25) is 0 Å². The van der Waals surface area contributed by atoms with Crippen LogP contribution in [0.3, 0.4) is 0 Å². The van der Waals surface area contributed by atoms with Crippen molar-refractivity contribution in [3.63, 3.8) is 0 Å². The quantitative estimate of drug-likeness (QED) is 0.889. The predicted octanol–water partition coefficient (Wildman–Crippen LogP) is 2.64. The van der Waals surface area contributed by atoms with E-state index < -0.39 is 10.0 Å². The molecule has 4 nitrogen and oxygen atoms in total. The molecule has 0 bridgehead atoms. The summed E-state index contributed by atoms with van der Waals surface area (Å²) in [7, 11) is 0.424. The average Bonchev–Trinajstić information content (AvgIpc) is 2.93. The molecule has 0 fully saturated rings. The highest BCUT2D eigenvalue weighted by atomic mass is 32.2. The SMILES string of the molecule is Cc1ccc(S(=O)(=O)NCC(c2ccsc2)N(C)C)cc1. The number of thiophene rings is 1. The van der Waals surface area contributed by atoms with Crippen molar-refractivity contribution in [2.24, 2.45) is 0 Å². The van der Waals surface area contributed by atoms with Crippen LogP contribution >= 0.6 is 11.3 Å². The first-order chi connectivity index (χ1) is 9.90. The van der Waals surface area contributed by atoms with Crippen molar-refractivity contribution >= 4 is 21.4 Å². The van der Waals surface area contributed by atoms with Gasteiger partial charge in [0.05, 0.1) is 4.90 Å². The van der Waals surface area contributed by atoms with Crippen molar-refractivity contribution in [2.45, 2.75) is 17.9 Å². The summed E-state index contributed by atoms with van der Waals surface area (Å²) in [5.41, 5.74) is 2.16. The van der Waals surface area contributed by atoms with Crippen LogP contribution in [-0.4, -0.2) is 34.0 Å². The van der Waals surface area contributed by atoms with E-state index in [1.54, 1.807) is 35.6 Å². The van der Waals surface area contributed by atoms with E-state index in [1.807, 2.05) is 42.7 Å². The maximum atomic E-state index is 12.3. The van der Waals surface area contributed by atoms with E-state index in [4.69, 9.17) is 0 Å². The molecule has 0 saturated heterocycles. The Morgan fingerprint density at radius 3 is 2.38 bits per heavy atom. The Kier molecular flexibility index (Phi) is 5.16. The number of aryl methyl sites for hydroxylation is 1. The fraction of sp³-hybridized carbons (Fsp3) is 0.333. The first-order valence-electron chi connectivity index (χ1n) is 6.65. The van der Waals surface area contributed by atoms with E-state index >= 15 is 0 Å². The molecule has 1 atom stereocenters. The van der Waals surface area contributed by atoms with E-state index in [1.165, 1.54) is 0 Å². The molecule has 0 amide bonds. The molecule has 0 aliphatic rings. The van der Waals surface area contributed by atoms with E-state index in [0.29, 0.717) is 11.4 Å². The van der Waals surface area contributed by atoms with Crippen LogP contribution in [0.1, 0.15) is 17.2 Å². The highest BCUT2D eigenvalue weighted by Crippen LogP contribution is 2.21. The van der Waals surface area contributed by atoms with Crippen LogP contribution in [-0.2, 0) is 10.0 Å². The fourth-order valence-electron chi connectivity index (χ4n) is 2.05. The molecule has 21 heavy (non-hydrogen) atoms. The second kappa shape index (κ2) is 6.70. The lowest BCUT2D eigenvalue weighted by Crippen LogP contribution is -2.34. The molecular weight excluding hydrogens is 304 g/mol. The maximum absolute atomic E-state index is 12.3. The zero-order valence-corrected chi connectivity index (χ0v) is 14.0. The number of nitrogens with one attached hydrogen (secondary N) is 1. The third-order valence-corrected chi connectivity index (χ3v) is 5.49. The van der Waals surface area contributed by atoms with E-state index in [0.717, 1.165) is 11.1 Å². The highest BCUT2D eigenvalue weighted by molar-refractivity contribution is 7.89. The Morgan fingerprint density at radius 1 is 1.19 bits per heavy atom. The predicted molar refractivity (Wildman–Crippen MR) is 87.1 cm³/mol. The van der Waals surface area contributed by atoms with Crippen LogP contribution in [0.5, 0.6) is 0 Å². The van der Waals surface area contributed by atoms with Gasteiger partial charge >= 0.3 is 0 Å². The minimum Gasteiger partial charge on any atom is -0.301 e. The Morgan fingerprint density at radius 2 is 1.86 bits per heavy atom. The van der Waals surface area contributed by atoms with Gasteiger partial charge in [0.25, 0.3) is 0 Å². The van der Waals surface area contributed by atoms with Crippen LogP contribution < -0.4 is 4.72 Å². The Balaban J connectivity index is 2.11. The Labute approximate surface area is 130 Å². The summed E-state index contributed by atoms with van der Waals surface area (Å²) < 4.78 is 27.3. The first-order valence-corrected chi connectivity index (χ1v) is 9.07. The van der Waals surface area contributed by atoms with Crippen molar-refractivity contribution in [1.29, 1.82) is 0 Å². The first kappa shape index (κ1) is 16.2. The molecule has 1 aromatic carbocycles. The number of sulfonamides is 1. The molecule has 114 valence electrons. The summed E-state index contributed by atoms with van der Waals surface area (Å²) in [5, 5.41) is 4.05. The monoisotopic (exact) mass is 324 g/mol. The smallest absolute Gasteiger partial charge is 0.240 e. The van der Waals surface area contributed by atoms with Gasteiger partial charge in [0.2, 0.25) is 10.0 Å². The molecule has 0 aliphatic heterocycles. The van der Waals surface area contributed by atoms with E-state index in [-0.39, 0.29) is 6.04 Å². The van der Waals surface area contributed by atoms with Gasteiger partial charge in [-0.1, -0.05) is 17.7 Å². The van der Waals surface area contributed by atoms with Crippen LogP contribution in [0.25, 0.3) is 0 Å². The lowest BCUT2D eigenvalue weighted by Gasteiger charge is -2.24. The zero-order chi connectivity index (χ0) is 15.5. The maximum Gasteiger partial charge on any atom is 0.240 e. The summed E-state index contributed by atoms with van der Waals surface area (Å²) in [4.78, 5) is 2.32. The molecule has 0 aliphatic carbocycles. The minimum absolute atomic E-state index is 0.0245. The van der Waals surface area contributed by atoms with Gasteiger partial charge in [-0.05, 0) is 55.5 Å². The van der Waals surface area contributed by atoms with E-state index in [9.17, 15) is 8.42 Å². The lowest BCUT2D eigenvalue weighted by atomic mass is 10.1. The van der Waals surface area contributed by atoms with Crippen molar-refractivity contribution < 1.29 is 8.42 Å². The Bertz CT molecular complexity index is 662. The molecule has 0 radical (unpaired) electrons. The molecule has 6 heteroatoms. The van der Waals surface area contributed by atoms with E-state index in [2.05, 4.69) is 4.72 Å². The average molecular weight is 324 g/mol. The second-order valence-electron chi connectivity index (χ2n) is 5.20. The van der Waals surface area contributed by atoms with Gasteiger partial charge in [0.1, 0.15) is 0 Å². The largest absolute Gasteiger partial charge is 0.301 e. The zero-order valence-electron chi connectivity index (χ0n) is 12.4. The fourth-order valence-corrected chi connectivity index (χ4v) is 3.80. The van der Waals surface area contributed by atoms with Gasteiger partial charge in [0, 0.05) is 12.6 Å². The Hall–Kier alpha value is -1.21. The summed E-state index contributed by atoms with van der Waals surface area (Å²) in [5.74, 6) is 0. The molecule has 0 saturated carbocycles. The summed E-state index contributed by atoms with van der Waals surface area (Å²) in [6.07, 6.45) is 0. The number of hydrogen-bond acceptors (Lipinski definition) is 4. The summed E-state index contributed by atoms with van der Waals surface area (Å²) >= 11 is 1.61. The standard InChI is InChI=1S/C15H20N2O2S2/c1-12-4-6-14(7-5-12)21(18,19)16-10-15(17(2)3)13-8-9-20-11-13/h4-9,11,15-16H,10H2,1-3H3. The van der Waals surface area contributed by atoms with Gasteiger partial charge in [-0.15, -0.1) is 0 Å². The van der Waals surface area contributed by atoms with Crippen molar-refractivity contribution in [1.82, 2.24) is 9.62 Å². The number of benzene rings is 1. The van der Waals surface area contributed by atoms with Gasteiger partial charge < -0.3 is 4.90 Å². The molecular formula is C15H20N2O2S2. The van der Waals surface area contributed by atoms with Crippen molar-refractivity contribution in [3.05, 3.63) is 52.2 Å². The van der Waals surface area contributed by atoms with Crippen molar-refractivity contribution in [3.8, 4) is 0 Å². The lowest BCUT2D eigenvalue weighted by molar-refractivity contribution is 0.300. The van der Waals surface area contributed by atoms with Crippen LogP contribution in [0.15, 0.2) is 46.0 Å². The molecule has 1 N–H and O–H groups in total. The van der Waals surface area contributed by atoms with Gasteiger partial charge in [-0.2, -0.15) is 11.3 Å². The van der Waals surface area contributed by atoms with Gasteiger partial charge in [0.15, 0.2) is 0 Å². The number of rotatable bonds is 6. The number of likely N-dealkylation sites (N-methyl/N-ethyl adjacent to an activating group) is 1. The number of hydrogen-bond donors (Lipinski definition) is 1. The van der Waals surface area contributed by atoms with Crippen LogP contribution in [0, 0.1) is 6.92 Å². The third kappa shape index (κ3) is 4.14.